The summed E-state index contributed by atoms with van der Waals surface area (Å²) in [6, 6.07) is 3.29. The van der Waals surface area contributed by atoms with Gasteiger partial charge in [-0.15, -0.1) is 11.3 Å². The van der Waals surface area contributed by atoms with Crippen molar-refractivity contribution in [2.45, 2.75) is 39.5 Å². The van der Waals surface area contributed by atoms with E-state index in [0.717, 1.165) is 0 Å². The Labute approximate surface area is 168 Å². The van der Waals surface area contributed by atoms with Crippen LogP contribution in [0.3, 0.4) is 0 Å². The first-order valence-electron chi connectivity index (χ1n) is 9.43. The molecule has 2 aromatic heterocycles. The van der Waals surface area contributed by atoms with Crippen LogP contribution in [0.1, 0.15) is 35.7 Å². The van der Waals surface area contributed by atoms with E-state index in [2.05, 4.69) is 10.3 Å². The highest BCUT2D eigenvalue weighted by Gasteiger charge is 2.27. The van der Waals surface area contributed by atoms with Crippen molar-refractivity contribution in [1.82, 2.24) is 10.3 Å². The van der Waals surface area contributed by atoms with Crippen LogP contribution in [0.2, 0.25) is 0 Å². The molecule has 0 radical (unpaired) electrons. The van der Waals surface area contributed by atoms with Crippen LogP contribution in [0.25, 0.3) is 11.0 Å². The van der Waals surface area contributed by atoms with E-state index in [4.69, 9.17) is 17.6 Å². The molecule has 9 heteroatoms. The summed E-state index contributed by atoms with van der Waals surface area (Å²) in [5.74, 6) is -1.07. The highest BCUT2D eigenvalue weighted by Crippen LogP contribution is 2.30. The summed E-state index contributed by atoms with van der Waals surface area (Å²) in [6.07, 6.45) is 0.235. The Morgan fingerprint density at radius 1 is 1.46 bits per heavy atom. The molecule has 0 spiro atoms. The zero-order chi connectivity index (χ0) is 22.2. The number of fused-ring (bicyclic) bond motifs is 1. The number of amides is 2. The summed E-state index contributed by atoms with van der Waals surface area (Å²) < 4.78 is 27.5. The lowest BCUT2D eigenvalue weighted by atomic mass is 10.1. The number of rotatable bonds is 7. The second-order valence-electron chi connectivity index (χ2n) is 6.23. The molecule has 0 fully saturated rings. The third kappa shape index (κ3) is 4.15. The smallest absolute Gasteiger partial charge is 0.256 e. The van der Waals surface area contributed by atoms with Gasteiger partial charge in [0.15, 0.2) is 0 Å². The molecule has 8 nitrogen and oxygen atoms in total. The number of nitrogens with one attached hydrogen (secondary N) is 1. The number of aromatic nitrogens is 1. The summed E-state index contributed by atoms with van der Waals surface area (Å²) in [6.45, 7) is 2.56. The predicted octanol–water partition coefficient (Wildman–Crippen LogP) is 2.05. The maximum absolute atomic E-state index is 12.8. The summed E-state index contributed by atoms with van der Waals surface area (Å²) in [7, 11) is 0. The van der Waals surface area contributed by atoms with E-state index in [-0.39, 0.29) is 17.1 Å². The number of furan rings is 1. The minimum Gasteiger partial charge on any atom is -0.488 e. The zero-order valence-electron chi connectivity index (χ0n) is 17.5. The molecule has 1 aromatic carbocycles. The molecule has 148 valence electrons. The number of benzene rings is 1. The quantitative estimate of drug-likeness (QED) is 0.552. The zero-order valence-corrected chi connectivity index (χ0v) is 16.3. The van der Waals surface area contributed by atoms with Gasteiger partial charge in [0.2, 0.25) is 5.91 Å². The molecule has 0 bridgehead atoms. The Hall–Kier alpha value is -2.91. The first-order valence-corrected chi connectivity index (χ1v) is 9.24. The van der Waals surface area contributed by atoms with Gasteiger partial charge in [0.05, 0.1) is 24.3 Å². The summed E-state index contributed by atoms with van der Waals surface area (Å²) >= 11 is 1.18. The molecular weight excluding hydrogens is 382 g/mol. The van der Waals surface area contributed by atoms with Crippen LogP contribution in [0, 0.1) is 13.8 Å². The fraction of sp³-hybridized carbons (Fsp3) is 0.316. The van der Waals surface area contributed by atoms with Gasteiger partial charge in [-0.25, -0.2) is 4.98 Å². The van der Waals surface area contributed by atoms with Crippen molar-refractivity contribution in [3.63, 3.8) is 0 Å². The third-order valence-corrected chi connectivity index (χ3v) is 4.84. The molecule has 0 aliphatic heterocycles. The maximum Gasteiger partial charge on any atom is 0.256 e. The van der Waals surface area contributed by atoms with E-state index in [1.54, 1.807) is 19.9 Å². The summed E-state index contributed by atoms with van der Waals surface area (Å²) in [4.78, 5) is 28.6. The number of nitrogens with two attached hydrogens (primary N) is 1. The molecular formula is C19H21N3O5S. The van der Waals surface area contributed by atoms with Gasteiger partial charge in [-0.2, -0.15) is 0 Å². The average molecular weight is 405 g/mol. The number of ether oxygens (including phenoxy) is 1. The number of nitrogens with zero attached hydrogens (tertiary/aromatic N) is 1. The number of aliphatic hydroxyl groups is 1. The van der Waals surface area contributed by atoms with Crippen LogP contribution in [-0.4, -0.2) is 34.1 Å². The average Bonchev–Trinajstić information content (AvgIpc) is 3.21. The lowest BCUT2D eigenvalue weighted by Crippen LogP contribution is -2.50. The van der Waals surface area contributed by atoms with Gasteiger partial charge in [0, 0.05) is 11.6 Å². The van der Waals surface area contributed by atoms with Crippen molar-refractivity contribution >= 4 is 34.1 Å². The molecule has 2 amide bonds. The number of aryl methyl sites for hydroxylation is 2. The van der Waals surface area contributed by atoms with Crippen LogP contribution in [0.4, 0.5) is 0 Å². The van der Waals surface area contributed by atoms with Crippen molar-refractivity contribution in [2.24, 2.45) is 5.73 Å². The highest BCUT2D eigenvalue weighted by molar-refractivity contribution is 7.11. The van der Waals surface area contributed by atoms with E-state index < -0.39 is 30.5 Å². The van der Waals surface area contributed by atoms with E-state index >= 15 is 0 Å². The minimum atomic E-state index is -2.12. The highest BCUT2D eigenvalue weighted by atomic mass is 32.1. The Morgan fingerprint density at radius 3 is 2.82 bits per heavy atom. The van der Waals surface area contributed by atoms with Crippen LogP contribution >= 0.6 is 11.3 Å². The number of thiazole rings is 1. The van der Waals surface area contributed by atoms with Gasteiger partial charge in [-0.3, -0.25) is 9.59 Å². The van der Waals surface area contributed by atoms with Gasteiger partial charge in [-0.05, 0) is 39.0 Å². The number of hydrogen-bond donors (Lipinski definition) is 3. The van der Waals surface area contributed by atoms with Crippen LogP contribution < -0.4 is 15.8 Å². The monoisotopic (exact) mass is 405 g/mol. The minimum absolute atomic E-state index is 0.136. The van der Waals surface area contributed by atoms with E-state index in [0.29, 0.717) is 20.9 Å². The molecule has 2 atom stereocenters. The lowest BCUT2D eigenvalue weighted by molar-refractivity contribution is -0.122. The van der Waals surface area contributed by atoms with Crippen molar-refractivity contribution in [2.75, 3.05) is 0 Å². The Balaban J connectivity index is 1.94. The largest absolute Gasteiger partial charge is 0.488 e. The molecule has 0 saturated carbocycles. The van der Waals surface area contributed by atoms with E-state index in [1.165, 1.54) is 36.6 Å². The number of hydrogen-bond acceptors (Lipinski definition) is 7. The SMILES string of the molecule is [2H]C([2H])(Oc1ccc2oc(C)c(C(=O)N[C@H](C(N)=O)[C@@H](C)O)c2c1)c1cnc(C)s1. The molecule has 4 N–H and O–H groups in total. The van der Waals surface area contributed by atoms with Crippen molar-refractivity contribution < 1.29 is 26.6 Å². The molecule has 2 heterocycles. The third-order valence-electron chi connectivity index (χ3n) is 4.03. The second-order valence-corrected chi connectivity index (χ2v) is 7.47. The van der Waals surface area contributed by atoms with Crippen LogP contribution in [0.15, 0.2) is 28.8 Å². The molecule has 3 rings (SSSR count). The molecule has 28 heavy (non-hydrogen) atoms. The van der Waals surface area contributed by atoms with Gasteiger partial charge in [0.25, 0.3) is 5.91 Å². The van der Waals surface area contributed by atoms with Gasteiger partial charge in [-0.1, -0.05) is 0 Å². The molecule has 0 unspecified atom stereocenters. The summed E-state index contributed by atoms with van der Waals surface area (Å²) in [5.41, 5.74) is 5.75. The number of aliphatic hydroxyl groups excluding tert-OH is 1. The maximum atomic E-state index is 12.8. The number of primary amides is 1. The normalized spacial score (nSPS) is 14.9. The lowest BCUT2D eigenvalue weighted by Gasteiger charge is -2.17. The number of carbonyl (C=O) groups excluding carboxylic acids is 2. The Kier molecular flexibility index (Phi) is 4.91. The fourth-order valence-corrected chi connectivity index (χ4v) is 3.32. The Morgan fingerprint density at radius 2 is 2.21 bits per heavy atom. The van der Waals surface area contributed by atoms with E-state index in [9.17, 15) is 14.7 Å². The molecule has 0 saturated heterocycles. The van der Waals surface area contributed by atoms with Crippen molar-refractivity contribution in [1.29, 1.82) is 0 Å². The van der Waals surface area contributed by atoms with Crippen molar-refractivity contribution in [3.05, 3.63) is 45.6 Å². The standard InChI is InChI=1S/C19H21N3O5S/c1-9(23)17(18(20)24)22-19(25)16-10(2)27-15-5-4-12(6-14(15)16)26-8-13-7-21-11(3)28-13/h4-7,9,17,23H,8H2,1-3H3,(H2,20,24)(H,22,25)/t9-,17+/m1/s1/i8D2. The first kappa shape index (κ1) is 17.2. The summed E-state index contributed by atoms with van der Waals surface area (Å²) in [5, 5.41) is 13.2. The van der Waals surface area contributed by atoms with Gasteiger partial charge < -0.3 is 25.3 Å². The first-order chi connectivity index (χ1) is 14.0. The van der Waals surface area contributed by atoms with Crippen LogP contribution in [0.5, 0.6) is 5.75 Å². The molecule has 0 aliphatic rings. The fourth-order valence-electron chi connectivity index (χ4n) is 2.71. The predicted molar refractivity (Wildman–Crippen MR) is 104 cm³/mol. The topological polar surface area (TPSA) is 128 Å². The molecule has 0 aliphatic carbocycles. The Bertz CT molecular complexity index is 1110. The van der Waals surface area contributed by atoms with Crippen molar-refractivity contribution in [3.8, 4) is 5.75 Å². The molecule has 3 aromatic rings. The van der Waals surface area contributed by atoms with Gasteiger partial charge >= 0.3 is 0 Å². The second kappa shape index (κ2) is 7.99. The van der Waals surface area contributed by atoms with Gasteiger partial charge in [0.1, 0.15) is 29.7 Å². The van der Waals surface area contributed by atoms with Crippen LogP contribution in [-0.2, 0) is 11.4 Å². The number of carbonyl (C=O) groups is 2. The van der Waals surface area contributed by atoms with E-state index in [1.807, 2.05) is 0 Å².